The predicted octanol–water partition coefficient (Wildman–Crippen LogP) is 5.38. The highest BCUT2D eigenvalue weighted by Crippen LogP contribution is 2.22. The normalized spacial score (nSPS) is 10.7. The van der Waals surface area contributed by atoms with Crippen LogP contribution in [0.1, 0.15) is 27.2 Å². The molecule has 10 nitrogen and oxygen atoms in total. The molecule has 2 amide bonds. The number of benzene rings is 2. The van der Waals surface area contributed by atoms with Crippen LogP contribution in [0.15, 0.2) is 73.4 Å². The summed E-state index contributed by atoms with van der Waals surface area (Å²) in [6.45, 7) is 9.80. The van der Waals surface area contributed by atoms with Crippen molar-refractivity contribution in [3.8, 4) is 5.75 Å². The first kappa shape index (κ1) is 27.0. The molecule has 0 fully saturated rings. The van der Waals surface area contributed by atoms with Crippen molar-refractivity contribution in [2.75, 3.05) is 29.1 Å². The maximum atomic E-state index is 11.7. The summed E-state index contributed by atoms with van der Waals surface area (Å²) in [5.41, 5.74) is 1.63. The van der Waals surface area contributed by atoms with E-state index in [0.29, 0.717) is 42.8 Å². The minimum atomic E-state index is -0.525. The van der Waals surface area contributed by atoms with E-state index in [1.165, 1.54) is 6.08 Å². The Labute approximate surface area is 216 Å². The summed E-state index contributed by atoms with van der Waals surface area (Å²) < 4.78 is 11.0. The van der Waals surface area contributed by atoms with Gasteiger partial charge in [-0.1, -0.05) is 18.7 Å². The highest BCUT2D eigenvalue weighted by atomic mass is 16.6. The van der Waals surface area contributed by atoms with Crippen LogP contribution >= 0.6 is 0 Å². The Morgan fingerprint density at radius 2 is 1.73 bits per heavy atom. The number of carbonyl (C=O) groups excluding carboxylic acids is 2. The second kappa shape index (κ2) is 12.9. The molecule has 0 spiro atoms. The van der Waals surface area contributed by atoms with E-state index in [4.69, 9.17) is 9.47 Å². The minimum absolute atomic E-state index is 0.283. The number of hydrogen-bond acceptors (Lipinski definition) is 8. The quantitative estimate of drug-likeness (QED) is 0.202. The molecule has 0 aliphatic carbocycles. The molecule has 0 aliphatic heterocycles. The average molecular weight is 505 g/mol. The summed E-state index contributed by atoms with van der Waals surface area (Å²) in [5, 5.41) is 11.8. The summed E-state index contributed by atoms with van der Waals surface area (Å²) >= 11 is 0. The van der Waals surface area contributed by atoms with Crippen LogP contribution in [0.5, 0.6) is 5.75 Å². The van der Waals surface area contributed by atoms with Crippen LogP contribution in [0, 0.1) is 0 Å². The zero-order valence-corrected chi connectivity index (χ0v) is 21.2. The molecule has 3 aromatic rings. The topological polar surface area (TPSA) is 126 Å². The maximum Gasteiger partial charge on any atom is 0.407 e. The molecule has 3 rings (SSSR count). The molecule has 10 heteroatoms. The molecule has 194 valence electrons. The van der Waals surface area contributed by atoms with Crippen molar-refractivity contribution >= 4 is 40.8 Å². The Balaban J connectivity index is 1.51. The highest BCUT2D eigenvalue weighted by Gasteiger charge is 2.15. The summed E-state index contributed by atoms with van der Waals surface area (Å²) in [5.74, 6) is 1.37. The number of aromatic nitrogens is 2. The smallest absolute Gasteiger partial charge is 0.407 e. The summed E-state index contributed by atoms with van der Waals surface area (Å²) in [7, 11) is 0. The molecule has 1 aromatic heterocycles. The number of nitrogens with zero attached hydrogens (tertiary/aromatic N) is 2. The van der Waals surface area contributed by atoms with E-state index < -0.39 is 11.7 Å². The molecule has 0 saturated carbocycles. The number of nitrogens with one attached hydrogen (secondary N) is 4. The zero-order valence-electron chi connectivity index (χ0n) is 21.2. The third-order valence-electron chi connectivity index (χ3n) is 4.59. The van der Waals surface area contributed by atoms with Crippen LogP contribution in [0.4, 0.5) is 33.6 Å². The number of hydrogen-bond donors (Lipinski definition) is 4. The first-order chi connectivity index (χ1) is 17.7. The fourth-order valence-electron chi connectivity index (χ4n) is 3.06. The van der Waals surface area contributed by atoms with Gasteiger partial charge in [0.15, 0.2) is 0 Å². The summed E-state index contributed by atoms with van der Waals surface area (Å²) in [6.07, 6.45) is 3.04. The fraction of sp³-hybridized carbons (Fsp3) is 0.259. The zero-order chi connectivity index (χ0) is 26.7. The van der Waals surface area contributed by atoms with Gasteiger partial charge in [0.1, 0.15) is 17.2 Å². The van der Waals surface area contributed by atoms with E-state index >= 15 is 0 Å². The first-order valence-corrected chi connectivity index (χ1v) is 11.8. The lowest BCUT2D eigenvalue weighted by Gasteiger charge is -2.19. The molecule has 4 N–H and O–H groups in total. The monoisotopic (exact) mass is 504 g/mol. The van der Waals surface area contributed by atoms with E-state index in [-0.39, 0.29) is 5.91 Å². The van der Waals surface area contributed by atoms with Crippen molar-refractivity contribution in [1.82, 2.24) is 15.3 Å². The largest absolute Gasteiger partial charge is 0.493 e. The van der Waals surface area contributed by atoms with Crippen LogP contribution in [0.2, 0.25) is 0 Å². The van der Waals surface area contributed by atoms with Crippen LogP contribution in [0.3, 0.4) is 0 Å². The van der Waals surface area contributed by atoms with Crippen molar-refractivity contribution in [3.05, 3.63) is 73.4 Å². The number of alkyl carbamates (subject to hydrolysis) is 1. The Morgan fingerprint density at radius 3 is 2.49 bits per heavy atom. The molecule has 0 bridgehead atoms. The van der Waals surface area contributed by atoms with Gasteiger partial charge in [0, 0.05) is 35.9 Å². The molecule has 2 aromatic carbocycles. The van der Waals surface area contributed by atoms with Crippen molar-refractivity contribution in [2.24, 2.45) is 0 Å². The molecule has 37 heavy (non-hydrogen) atoms. The Morgan fingerprint density at radius 1 is 1.00 bits per heavy atom. The third kappa shape index (κ3) is 9.88. The SMILES string of the molecule is C=CC(=O)Nc1cccc(Nc2ccnc(Nc3cccc(OCCCNC(=O)OC(C)(C)C)c3)n2)c1. The lowest BCUT2D eigenvalue weighted by Crippen LogP contribution is -2.33. The second-order valence-corrected chi connectivity index (χ2v) is 8.95. The van der Waals surface area contributed by atoms with Gasteiger partial charge in [-0.2, -0.15) is 4.98 Å². The predicted molar refractivity (Wildman–Crippen MR) is 145 cm³/mol. The van der Waals surface area contributed by atoms with Crippen LogP contribution < -0.4 is 26.0 Å². The lowest BCUT2D eigenvalue weighted by atomic mass is 10.2. The van der Waals surface area contributed by atoms with Gasteiger partial charge in [0.2, 0.25) is 11.9 Å². The van der Waals surface area contributed by atoms with E-state index in [0.717, 1.165) is 11.4 Å². The summed E-state index contributed by atoms with van der Waals surface area (Å²) in [4.78, 5) is 32.0. The number of amides is 2. The van der Waals surface area contributed by atoms with Crippen molar-refractivity contribution in [1.29, 1.82) is 0 Å². The standard InChI is InChI=1S/C27H32N6O4/c1-5-24(34)31-20-10-6-9-19(17-20)30-23-13-15-28-25(33-23)32-21-11-7-12-22(18-21)36-16-8-14-29-26(35)37-27(2,3)4/h5-7,9-13,15,17-18H,1,8,14,16H2,2-4H3,(H,29,35)(H,31,34)(H2,28,30,32,33). The molecule has 0 saturated heterocycles. The third-order valence-corrected chi connectivity index (χ3v) is 4.59. The molecular weight excluding hydrogens is 472 g/mol. The Hall–Kier alpha value is -4.60. The van der Waals surface area contributed by atoms with Gasteiger partial charge >= 0.3 is 6.09 Å². The van der Waals surface area contributed by atoms with Gasteiger partial charge in [0.05, 0.1) is 6.61 Å². The first-order valence-electron chi connectivity index (χ1n) is 11.8. The number of anilines is 5. The number of ether oxygens (including phenoxy) is 2. The van der Waals surface area contributed by atoms with Crippen molar-refractivity contribution < 1.29 is 19.1 Å². The van der Waals surface area contributed by atoms with Crippen LogP contribution in [-0.4, -0.2) is 40.7 Å². The molecule has 0 atom stereocenters. The van der Waals surface area contributed by atoms with Gasteiger partial charge < -0.3 is 30.7 Å². The van der Waals surface area contributed by atoms with Gasteiger partial charge in [-0.05, 0) is 69.7 Å². The van der Waals surface area contributed by atoms with Crippen molar-refractivity contribution in [2.45, 2.75) is 32.8 Å². The Bertz CT molecular complexity index is 1230. The van der Waals surface area contributed by atoms with E-state index in [2.05, 4.69) is 37.8 Å². The number of carbonyl (C=O) groups is 2. The van der Waals surface area contributed by atoms with Gasteiger partial charge in [-0.15, -0.1) is 0 Å². The molecule has 0 unspecified atom stereocenters. The minimum Gasteiger partial charge on any atom is -0.493 e. The van der Waals surface area contributed by atoms with Gasteiger partial charge in [-0.25, -0.2) is 9.78 Å². The Kier molecular flexibility index (Phi) is 9.42. The van der Waals surface area contributed by atoms with Crippen LogP contribution in [0.25, 0.3) is 0 Å². The van der Waals surface area contributed by atoms with Crippen molar-refractivity contribution in [3.63, 3.8) is 0 Å². The average Bonchev–Trinajstić information content (AvgIpc) is 2.83. The molecular formula is C27H32N6O4. The fourth-order valence-corrected chi connectivity index (χ4v) is 3.06. The molecule has 0 radical (unpaired) electrons. The number of rotatable bonds is 11. The summed E-state index contributed by atoms with van der Waals surface area (Å²) in [6, 6.07) is 16.4. The van der Waals surface area contributed by atoms with E-state index in [1.807, 2.05) is 57.2 Å². The second-order valence-electron chi connectivity index (χ2n) is 8.95. The van der Waals surface area contributed by atoms with Gasteiger partial charge in [0.25, 0.3) is 0 Å². The van der Waals surface area contributed by atoms with E-state index in [9.17, 15) is 9.59 Å². The van der Waals surface area contributed by atoms with Crippen LogP contribution in [-0.2, 0) is 9.53 Å². The molecule has 1 heterocycles. The highest BCUT2D eigenvalue weighted by molar-refractivity contribution is 5.99. The maximum absolute atomic E-state index is 11.7. The lowest BCUT2D eigenvalue weighted by molar-refractivity contribution is -0.111. The van der Waals surface area contributed by atoms with Gasteiger partial charge in [-0.3, -0.25) is 4.79 Å². The van der Waals surface area contributed by atoms with E-state index in [1.54, 1.807) is 24.4 Å². The molecule has 0 aliphatic rings.